The Morgan fingerprint density at radius 2 is 2.12 bits per heavy atom. The summed E-state index contributed by atoms with van der Waals surface area (Å²) in [6, 6.07) is 9.88. The number of aliphatic hydroxyl groups is 1. The highest BCUT2D eigenvalue weighted by Crippen LogP contribution is 2.25. The van der Waals surface area contributed by atoms with Gasteiger partial charge in [-0.1, -0.05) is 35.5 Å². The van der Waals surface area contributed by atoms with Crippen molar-refractivity contribution < 1.29 is 19.3 Å². The second-order valence-electron chi connectivity index (χ2n) is 6.34. The second-order valence-corrected chi connectivity index (χ2v) is 6.34. The van der Waals surface area contributed by atoms with Gasteiger partial charge < -0.3 is 19.3 Å². The van der Waals surface area contributed by atoms with Crippen LogP contribution in [0.25, 0.3) is 0 Å². The largest absolute Gasteiger partial charge is 0.396 e. The van der Waals surface area contributed by atoms with Crippen LogP contribution < -0.4 is 0 Å². The minimum absolute atomic E-state index is 0.00488. The van der Waals surface area contributed by atoms with Crippen LogP contribution in [0.4, 0.5) is 0 Å². The first kappa shape index (κ1) is 19.0. The molecule has 2 atom stereocenters. The fraction of sp³-hybridized carbons (Fsp3) is 0.667. The van der Waals surface area contributed by atoms with Crippen LogP contribution in [0.15, 0.2) is 35.5 Å². The molecule has 1 saturated heterocycles. The zero-order chi connectivity index (χ0) is 17.1. The van der Waals surface area contributed by atoms with Crippen molar-refractivity contribution in [1.29, 1.82) is 0 Å². The highest BCUT2D eigenvalue weighted by atomic mass is 16.7. The van der Waals surface area contributed by atoms with Crippen molar-refractivity contribution in [3.63, 3.8) is 0 Å². The number of hydrogen-bond acceptors (Lipinski definition) is 6. The second kappa shape index (κ2) is 10.5. The van der Waals surface area contributed by atoms with Gasteiger partial charge >= 0.3 is 0 Å². The summed E-state index contributed by atoms with van der Waals surface area (Å²) < 4.78 is 17.0. The Bertz CT molecular complexity index is 464. The highest BCUT2D eigenvalue weighted by Gasteiger charge is 2.32. The van der Waals surface area contributed by atoms with Gasteiger partial charge in [0, 0.05) is 18.6 Å². The van der Waals surface area contributed by atoms with Crippen molar-refractivity contribution >= 4 is 0 Å². The van der Waals surface area contributed by atoms with E-state index in [1.165, 1.54) is 0 Å². The number of nitroso groups, excluding NO2 is 1. The lowest BCUT2D eigenvalue weighted by Crippen LogP contribution is -2.38. The molecule has 0 bridgehead atoms. The number of benzene rings is 1. The fourth-order valence-electron chi connectivity index (χ4n) is 2.67. The third kappa shape index (κ3) is 6.28. The van der Waals surface area contributed by atoms with Gasteiger partial charge in [0.15, 0.2) is 6.29 Å². The van der Waals surface area contributed by atoms with Crippen LogP contribution in [0, 0.1) is 10.3 Å². The predicted molar refractivity (Wildman–Crippen MR) is 90.4 cm³/mol. The van der Waals surface area contributed by atoms with E-state index in [1.54, 1.807) is 0 Å². The van der Waals surface area contributed by atoms with E-state index < -0.39 is 5.41 Å². The molecule has 24 heavy (non-hydrogen) atoms. The van der Waals surface area contributed by atoms with Crippen LogP contribution in [0.5, 0.6) is 0 Å². The number of rotatable bonds is 11. The molecule has 1 aromatic rings. The van der Waals surface area contributed by atoms with Crippen LogP contribution >= 0.6 is 0 Å². The summed E-state index contributed by atoms with van der Waals surface area (Å²) in [5.74, 6) is 0. The van der Waals surface area contributed by atoms with Gasteiger partial charge in [-0.15, -0.1) is 0 Å². The zero-order valence-electron chi connectivity index (χ0n) is 14.1. The van der Waals surface area contributed by atoms with Crippen molar-refractivity contribution in [3.05, 3.63) is 40.8 Å². The quantitative estimate of drug-likeness (QED) is 0.496. The third-order valence-electron chi connectivity index (χ3n) is 4.34. The summed E-state index contributed by atoms with van der Waals surface area (Å²) in [7, 11) is 0. The Morgan fingerprint density at radius 3 is 2.79 bits per heavy atom. The number of aliphatic hydroxyl groups excluding tert-OH is 1. The summed E-state index contributed by atoms with van der Waals surface area (Å²) >= 11 is 0. The van der Waals surface area contributed by atoms with Gasteiger partial charge in [-0.25, -0.2) is 0 Å². The molecule has 0 aliphatic carbocycles. The van der Waals surface area contributed by atoms with E-state index in [4.69, 9.17) is 14.2 Å². The molecule has 2 unspecified atom stereocenters. The molecule has 6 heteroatoms. The monoisotopic (exact) mass is 337 g/mol. The van der Waals surface area contributed by atoms with Crippen molar-refractivity contribution in [2.45, 2.75) is 38.6 Å². The Balaban J connectivity index is 1.78. The maximum atomic E-state index is 10.8. The summed E-state index contributed by atoms with van der Waals surface area (Å²) in [5.41, 5.74) is 0.381. The molecule has 1 N–H and O–H groups in total. The normalized spacial score (nSPS) is 20.5. The van der Waals surface area contributed by atoms with E-state index >= 15 is 0 Å². The fourth-order valence-corrected chi connectivity index (χ4v) is 2.67. The average Bonchev–Trinajstić information content (AvgIpc) is 2.65. The zero-order valence-corrected chi connectivity index (χ0v) is 14.1. The first-order chi connectivity index (χ1) is 11.8. The number of hydrogen-bond donors (Lipinski definition) is 1. The molecule has 134 valence electrons. The van der Waals surface area contributed by atoms with E-state index in [1.807, 2.05) is 30.3 Å². The first-order valence-corrected chi connectivity index (χ1v) is 8.53. The molecule has 0 aromatic heterocycles. The van der Waals surface area contributed by atoms with Crippen molar-refractivity contribution in [1.82, 2.24) is 0 Å². The number of ether oxygens (including phenoxy) is 3. The Kier molecular flexibility index (Phi) is 8.32. The molecule has 2 rings (SSSR count). The third-order valence-corrected chi connectivity index (χ3v) is 4.34. The summed E-state index contributed by atoms with van der Waals surface area (Å²) in [6.07, 6.45) is 3.23. The van der Waals surface area contributed by atoms with Crippen LogP contribution in [0.3, 0.4) is 0 Å². The van der Waals surface area contributed by atoms with Crippen LogP contribution in [-0.2, 0) is 20.8 Å². The summed E-state index contributed by atoms with van der Waals surface area (Å²) in [5, 5.41) is 12.8. The lowest BCUT2D eigenvalue weighted by atomic mass is 9.86. The van der Waals surface area contributed by atoms with E-state index in [9.17, 15) is 10.0 Å². The van der Waals surface area contributed by atoms with Crippen molar-refractivity contribution in [2.75, 3.05) is 33.0 Å². The lowest BCUT2D eigenvalue weighted by Gasteiger charge is -2.32. The number of nitrogens with zero attached hydrogens (tertiary/aromatic N) is 1. The Labute approximate surface area is 143 Å². The van der Waals surface area contributed by atoms with E-state index in [0.717, 1.165) is 24.8 Å². The molecule has 6 nitrogen and oxygen atoms in total. The molecule has 1 heterocycles. The maximum Gasteiger partial charge on any atom is 0.157 e. The molecule has 1 aromatic carbocycles. The van der Waals surface area contributed by atoms with E-state index in [-0.39, 0.29) is 26.0 Å². The minimum Gasteiger partial charge on any atom is -0.396 e. The van der Waals surface area contributed by atoms with Gasteiger partial charge in [0.2, 0.25) is 0 Å². The standard InChI is InChI=1S/C18H27NO5/c20-14-18(13-19-21,15-24-17-8-4-5-10-23-17)9-11-22-12-16-6-2-1-3-7-16/h1-3,6-7,17,20H,4-5,8-15H2. The molecule has 1 aliphatic rings. The van der Waals surface area contributed by atoms with Crippen LogP contribution in [0.1, 0.15) is 31.2 Å². The maximum absolute atomic E-state index is 10.8. The Hall–Kier alpha value is -1.34. The molecule has 1 aliphatic heterocycles. The molecular formula is C18H27NO5. The molecular weight excluding hydrogens is 310 g/mol. The summed E-state index contributed by atoms with van der Waals surface area (Å²) in [4.78, 5) is 10.8. The van der Waals surface area contributed by atoms with Gasteiger partial charge in [-0.05, 0) is 31.2 Å². The van der Waals surface area contributed by atoms with Crippen molar-refractivity contribution in [3.8, 4) is 0 Å². The summed E-state index contributed by atoms with van der Waals surface area (Å²) in [6.45, 7) is 1.71. The van der Waals surface area contributed by atoms with Crippen LogP contribution in [-0.4, -0.2) is 44.4 Å². The van der Waals surface area contributed by atoms with Crippen molar-refractivity contribution in [2.24, 2.45) is 10.6 Å². The van der Waals surface area contributed by atoms with Gasteiger partial charge in [0.1, 0.15) is 0 Å². The smallest absolute Gasteiger partial charge is 0.157 e. The first-order valence-electron chi connectivity index (χ1n) is 8.53. The molecule has 0 amide bonds. The highest BCUT2D eigenvalue weighted by molar-refractivity contribution is 5.13. The SMILES string of the molecule is O=NCC(CO)(CCOCc1ccccc1)COC1CCCCO1. The molecule has 0 saturated carbocycles. The Morgan fingerprint density at radius 1 is 1.29 bits per heavy atom. The molecule has 0 spiro atoms. The van der Waals surface area contributed by atoms with Crippen LogP contribution in [0.2, 0.25) is 0 Å². The topological polar surface area (TPSA) is 77.4 Å². The van der Waals surface area contributed by atoms with Gasteiger partial charge in [-0.2, -0.15) is 4.91 Å². The van der Waals surface area contributed by atoms with Gasteiger partial charge in [0.25, 0.3) is 0 Å². The predicted octanol–water partition coefficient (Wildman–Crippen LogP) is 2.88. The van der Waals surface area contributed by atoms with E-state index in [0.29, 0.717) is 26.2 Å². The van der Waals surface area contributed by atoms with Gasteiger partial charge in [0.05, 0.1) is 26.4 Å². The average molecular weight is 337 g/mol. The van der Waals surface area contributed by atoms with Gasteiger partial charge in [-0.3, -0.25) is 0 Å². The molecule has 1 fully saturated rings. The minimum atomic E-state index is -0.709. The van der Waals surface area contributed by atoms with E-state index in [2.05, 4.69) is 5.18 Å². The molecule has 0 radical (unpaired) electrons. The lowest BCUT2D eigenvalue weighted by molar-refractivity contribution is -0.183.